The summed E-state index contributed by atoms with van der Waals surface area (Å²) in [6, 6.07) is 7.43. The molecule has 1 heterocycles. The average molecular weight is 224 g/mol. The lowest BCUT2D eigenvalue weighted by molar-refractivity contribution is 0.0601. The molecule has 72 valence electrons. The van der Waals surface area contributed by atoms with E-state index in [1.165, 1.54) is 7.11 Å². The Morgan fingerprint density at radius 2 is 2.21 bits per heavy atom. The van der Waals surface area contributed by atoms with Crippen LogP contribution in [0.5, 0.6) is 0 Å². The van der Waals surface area contributed by atoms with Crippen molar-refractivity contribution in [2.75, 3.05) is 7.11 Å². The highest BCUT2D eigenvalue weighted by Crippen LogP contribution is 2.28. The molecule has 14 heavy (non-hydrogen) atoms. The van der Waals surface area contributed by atoms with Gasteiger partial charge in [-0.1, -0.05) is 0 Å². The predicted octanol–water partition coefficient (Wildman–Crippen LogP) is 2.98. The second kappa shape index (κ2) is 3.63. The van der Waals surface area contributed by atoms with Gasteiger partial charge in [-0.05, 0) is 29.7 Å². The van der Waals surface area contributed by atoms with Crippen LogP contribution in [0.3, 0.4) is 0 Å². The summed E-state index contributed by atoms with van der Waals surface area (Å²) in [5.41, 5.74) is 0.575. The zero-order valence-electron chi connectivity index (χ0n) is 7.48. The Kier molecular flexibility index (Phi) is 2.48. The molecule has 0 fully saturated rings. The number of benzene rings is 1. The van der Waals surface area contributed by atoms with Crippen molar-refractivity contribution in [3.05, 3.63) is 29.8 Å². The van der Waals surface area contributed by atoms with Crippen molar-refractivity contribution in [2.24, 2.45) is 0 Å². The Morgan fingerprint density at radius 3 is 2.93 bits per heavy atom. The van der Waals surface area contributed by atoms with Gasteiger partial charge in [0.1, 0.15) is 0 Å². The third kappa shape index (κ3) is 1.63. The topological polar surface area (TPSA) is 26.3 Å². The van der Waals surface area contributed by atoms with Crippen molar-refractivity contribution in [1.82, 2.24) is 0 Å². The van der Waals surface area contributed by atoms with Gasteiger partial charge in [0.15, 0.2) is 0 Å². The Balaban J connectivity index is 2.55. The van der Waals surface area contributed by atoms with Crippen molar-refractivity contribution >= 4 is 40.0 Å². The van der Waals surface area contributed by atoms with E-state index in [9.17, 15) is 4.79 Å². The number of carbonyl (C=O) groups excluding carboxylic acids is 1. The molecule has 0 spiro atoms. The standard InChI is InChI=1S/C10H8O2S2/c1-12-10(11)6-2-3-8-7(4-6)5-9(13)14-8/h2-5,13H,1H3. The highest BCUT2D eigenvalue weighted by molar-refractivity contribution is 7.83. The van der Waals surface area contributed by atoms with E-state index < -0.39 is 0 Å². The Labute approximate surface area is 90.9 Å². The quantitative estimate of drug-likeness (QED) is 0.595. The summed E-state index contributed by atoms with van der Waals surface area (Å²) in [5.74, 6) is -0.307. The zero-order valence-corrected chi connectivity index (χ0v) is 9.19. The summed E-state index contributed by atoms with van der Waals surface area (Å²) in [5, 5.41) is 1.03. The van der Waals surface area contributed by atoms with Crippen LogP contribution in [0.1, 0.15) is 10.4 Å². The van der Waals surface area contributed by atoms with E-state index in [0.29, 0.717) is 5.56 Å². The van der Waals surface area contributed by atoms with E-state index >= 15 is 0 Å². The molecule has 0 amide bonds. The molecule has 0 radical (unpaired) electrons. The first-order valence-corrected chi connectivity index (χ1v) is 5.28. The number of rotatable bonds is 1. The molecule has 0 aliphatic rings. The largest absolute Gasteiger partial charge is 0.465 e. The number of methoxy groups -OCH3 is 1. The van der Waals surface area contributed by atoms with E-state index in [1.807, 2.05) is 18.2 Å². The third-order valence-electron chi connectivity index (χ3n) is 1.92. The smallest absolute Gasteiger partial charge is 0.337 e. The minimum Gasteiger partial charge on any atom is -0.465 e. The van der Waals surface area contributed by atoms with Crippen molar-refractivity contribution in [3.8, 4) is 0 Å². The fourth-order valence-electron chi connectivity index (χ4n) is 1.27. The Hall–Kier alpha value is -1.00. The van der Waals surface area contributed by atoms with E-state index in [1.54, 1.807) is 17.4 Å². The second-order valence-electron chi connectivity index (χ2n) is 2.83. The van der Waals surface area contributed by atoms with Gasteiger partial charge in [-0.25, -0.2) is 4.79 Å². The van der Waals surface area contributed by atoms with Crippen LogP contribution < -0.4 is 0 Å². The van der Waals surface area contributed by atoms with Gasteiger partial charge in [0.25, 0.3) is 0 Å². The monoisotopic (exact) mass is 224 g/mol. The maximum Gasteiger partial charge on any atom is 0.337 e. The second-order valence-corrected chi connectivity index (χ2v) is 4.70. The van der Waals surface area contributed by atoms with Crippen molar-refractivity contribution < 1.29 is 9.53 Å². The molecule has 0 saturated heterocycles. The Bertz CT molecular complexity index is 488. The lowest BCUT2D eigenvalue weighted by Gasteiger charge is -1.97. The van der Waals surface area contributed by atoms with Crippen LogP contribution in [0.15, 0.2) is 28.5 Å². The fourth-order valence-corrected chi connectivity index (χ4v) is 2.49. The van der Waals surface area contributed by atoms with Crippen LogP contribution >= 0.6 is 24.0 Å². The van der Waals surface area contributed by atoms with Crippen molar-refractivity contribution in [2.45, 2.75) is 4.21 Å². The summed E-state index contributed by atoms with van der Waals surface area (Å²) < 4.78 is 6.71. The summed E-state index contributed by atoms with van der Waals surface area (Å²) >= 11 is 5.85. The van der Waals surface area contributed by atoms with Gasteiger partial charge in [-0.3, -0.25) is 0 Å². The molecule has 2 rings (SSSR count). The fraction of sp³-hybridized carbons (Fsp3) is 0.100. The van der Waals surface area contributed by atoms with Gasteiger partial charge in [0, 0.05) is 4.70 Å². The number of esters is 1. The number of hydrogen-bond acceptors (Lipinski definition) is 4. The number of ether oxygens (including phenoxy) is 1. The highest BCUT2D eigenvalue weighted by Gasteiger charge is 2.06. The molecule has 0 bridgehead atoms. The minimum absolute atomic E-state index is 0.307. The number of hydrogen-bond donors (Lipinski definition) is 1. The maximum atomic E-state index is 11.2. The van der Waals surface area contributed by atoms with Crippen LogP contribution in [0.4, 0.5) is 0 Å². The number of thiol groups is 1. The van der Waals surface area contributed by atoms with Crippen molar-refractivity contribution in [1.29, 1.82) is 0 Å². The van der Waals surface area contributed by atoms with E-state index in [0.717, 1.165) is 14.3 Å². The predicted molar refractivity (Wildman–Crippen MR) is 60.4 cm³/mol. The normalized spacial score (nSPS) is 10.4. The summed E-state index contributed by atoms with van der Waals surface area (Å²) in [4.78, 5) is 11.2. The summed E-state index contributed by atoms with van der Waals surface area (Å²) in [7, 11) is 1.38. The van der Waals surface area contributed by atoms with Crippen LogP contribution in [0.25, 0.3) is 10.1 Å². The van der Waals surface area contributed by atoms with Crippen LogP contribution in [0, 0.1) is 0 Å². The molecular weight excluding hydrogens is 216 g/mol. The van der Waals surface area contributed by atoms with E-state index in [2.05, 4.69) is 17.4 Å². The lowest BCUT2D eigenvalue weighted by atomic mass is 10.2. The molecule has 1 aromatic carbocycles. The van der Waals surface area contributed by atoms with Gasteiger partial charge in [-0.15, -0.1) is 24.0 Å². The number of carbonyl (C=O) groups is 1. The molecule has 0 unspecified atom stereocenters. The SMILES string of the molecule is COC(=O)c1ccc2sc(S)cc2c1. The highest BCUT2D eigenvalue weighted by atomic mass is 32.2. The molecule has 0 N–H and O–H groups in total. The maximum absolute atomic E-state index is 11.2. The van der Waals surface area contributed by atoms with Gasteiger partial charge in [-0.2, -0.15) is 0 Å². The molecule has 2 aromatic rings. The number of fused-ring (bicyclic) bond motifs is 1. The van der Waals surface area contributed by atoms with Crippen molar-refractivity contribution in [3.63, 3.8) is 0 Å². The van der Waals surface area contributed by atoms with Gasteiger partial charge in [0.2, 0.25) is 0 Å². The minimum atomic E-state index is -0.307. The van der Waals surface area contributed by atoms with Gasteiger partial charge < -0.3 is 4.74 Å². The molecule has 0 aliphatic heterocycles. The van der Waals surface area contributed by atoms with E-state index in [-0.39, 0.29) is 5.97 Å². The van der Waals surface area contributed by atoms with Gasteiger partial charge in [0.05, 0.1) is 16.9 Å². The Morgan fingerprint density at radius 1 is 1.43 bits per heavy atom. The molecule has 0 atom stereocenters. The third-order valence-corrected chi connectivity index (χ3v) is 3.25. The number of thiophene rings is 1. The van der Waals surface area contributed by atoms with Gasteiger partial charge >= 0.3 is 5.97 Å². The molecule has 0 aliphatic carbocycles. The first-order chi connectivity index (χ1) is 6.70. The van der Waals surface area contributed by atoms with Crippen LogP contribution in [-0.2, 0) is 4.74 Å². The molecule has 1 aromatic heterocycles. The van der Waals surface area contributed by atoms with E-state index in [4.69, 9.17) is 0 Å². The van der Waals surface area contributed by atoms with Crippen LogP contribution in [0.2, 0.25) is 0 Å². The average Bonchev–Trinajstić information content (AvgIpc) is 2.55. The molecule has 4 heteroatoms. The molecule has 0 saturated carbocycles. The molecular formula is C10H8O2S2. The summed E-state index contributed by atoms with van der Waals surface area (Å²) in [6.07, 6.45) is 0. The first-order valence-electron chi connectivity index (χ1n) is 4.01. The van der Waals surface area contributed by atoms with Crippen LogP contribution in [-0.4, -0.2) is 13.1 Å². The summed E-state index contributed by atoms with van der Waals surface area (Å²) in [6.45, 7) is 0. The zero-order chi connectivity index (χ0) is 10.1. The molecule has 2 nitrogen and oxygen atoms in total. The lowest BCUT2D eigenvalue weighted by Crippen LogP contribution is -1.99. The first kappa shape index (κ1) is 9.55.